The third-order valence-electron chi connectivity index (χ3n) is 6.55. The van der Waals surface area contributed by atoms with Gasteiger partial charge in [-0.2, -0.15) is 10.2 Å². The Balaban J connectivity index is 1.30. The molecular formula is C33H26N4O2S. The van der Waals surface area contributed by atoms with Gasteiger partial charge in [0.2, 0.25) is 5.78 Å². The number of nitrogens with zero attached hydrogens (tertiary/aromatic N) is 4. The molecule has 0 aliphatic rings. The number of benzene rings is 4. The number of rotatable bonds is 10. The van der Waals surface area contributed by atoms with Gasteiger partial charge in [-0.25, -0.2) is 4.98 Å². The molecule has 6 nitrogen and oxygen atoms in total. The van der Waals surface area contributed by atoms with Crippen LogP contribution in [0, 0.1) is 0 Å². The highest BCUT2D eigenvalue weighted by Crippen LogP contribution is 2.33. The van der Waals surface area contributed by atoms with E-state index >= 15 is 0 Å². The van der Waals surface area contributed by atoms with Gasteiger partial charge in [0.25, 0.3) is 0 Å². The average Bonchev–Trinajstić information content (AvgIpc) is 3.64. The summed E-state index contributed by atoms with van der Waals surface area (Å²) in [5.74, 6) is 0.107. The standard InChI is InChI=1S/C33H26N4O2S/c38-31(33-34-27-18-10-11-19-29(27)37(33)23-39-22-24-12-4-1-5-13-24)32-28(20-21-40-32)35-36-30(25-14-6-2-7-15-25)26-16-8-3-9-17-26/h1-21,30H,22-23H2. The number of carbonyl (C=O) groups is 1. The number of ketones is 1. The Hall–Kier alpha value is -4.72. The highest BCUT2D eigenvalue weighted by atomic mass is 32.1. The lowest BCUT2D eigenvalue weighted by Crippen LogP contribution is -2.13. The molecule has 2 aromatic heterocycles. The fourth-order valence-corrected chi connectivity index (χ4v) is 5.34. The third kappa shape index (κ3) is 5.52. The SMILES string of the molecule is O=C(c1sccc1N=NC(c1ccccc1)c1ccccc1)c1nc2ccccc2n1COCc1ccccc1. The van der Waals surface area contributed by atoms with Crippen LogP contribution in [0.2, 0.25) is 0 Å². The first-order valence-corrected chi connectivity index (χ1v) is 13.9. The van der Waals surface area contributed by atoms with Crippen LogP contribution in [0.5, 0.6) is 0 Å². The lowest BCUT2D eigenvalue weighted by Gasteiger charge is -2.12. The van der Waals surface area contributed by atoms with E-state index in [1.165, 1.54) is 11.3 Å². The monoisotopic (exact) mass is 542 g/mol. The summed E-state index contributed by atoms with van der Waals surface area (Å²) in [5, 5.41) is 11.2. The van der Waals surface area contributed by atoms with Crippen molar-refractivity contribution >= 4 is 33.8 Å². The second-order valence-corrected chi connectivity index (χ2v) is 10.1. The number of thiophene rings is 1. The molecule has 0 aliphatic carbocycles. The van der Waals surface area contributed by atoms with Crippen molar-refractivity contribution in [1.82, 2.24) is 9.55 Å². The second kappa shape index (κ2) is 12.0. The Morgan fingerprint density at radius 2 is 1.43 bits per heavy atom. The van der Waals surface area contributed by atoms with Gasteiger partial charge in [-0.05, 0) is 40.3 Å². The topological polar surface area (TPSA) is 68.8 Å². The smallest absolute Gasteiger partial charge is 0.240 e. The van der Waals surface area contributed by atoms with Crippen molar-refractivity contribution in [2.24, 2.45) is 10.2 Å². The van der Waals surface area contributed by atoms with Gasteiger partial charge in [-0.3, -0.25) is 9.36 Å². The molecule has 0 unspecified atom stereocenters. The number of imidazole rings is 1. The minimum Gasteiger partial charge on any atom is -0.356 e. The molecule has 0 atom stereocenters. The summed E-state index contributed by atoms with van der Waals surface area (Å²) < 4.78 is 7.85. The van der Waals surface area contributed by atoms with Gasteiger partial charge >= 0.3 is 0 Å². The summed E-state index contributed by atoms with van der Waals surface area (Å²) in [4.78, 5) is 19.1. The van der Waals surface area contributed by atoms with E-state index in [-0.39, 0.29) is 18.6 Å². The van der Waals surface area contributed by atoms with Crippen LogP contribution < -0.4 is 0 Å². The van der Waals surface area contributed by atoms with E-state index in [9.17, 15) is 4.79 Å². The van der Waals surface area contributed by atoms with Crippen LogP contribution in [-0.4, -0.2) is 15.3 Å². The minimum atomic E-state index is -0.291. The molecule has 6 aromatic rings. The molecule has 6 rings (SSSR count). The molecule has 2 heterocycles. The summed E-state index contributed by atoms with van der Waals surface area (Å²) in [6.45, 7) is 0.628. The molecule has 0 aliphatic heterocycles. The van der Waals surface area contributed by atoms with E-state index < -0.39 is 0 Å². The first-order valence-electron chi connectivity index (χ1n) is 13.0. The number of azo groups is 1. The summed E-state index contributed by atoms with van der Waals surface area (Å²) >= 11 is 1.34. The highest BCUT2D eigenvalue weighted by Gasteiger charge is 2.23. The third-order valence-corrected chi connectivity index (χ3v) is 7.45. The van der Waals surface area contributed by atoms with Gasteiger partial charge in [0.1, 0.15) is 23.3 Å². The summed E-state index contributed by atoms with van der Waals surface area (Å²) in [6, 6.07) is 39.3. The van der Waals surface area contributed by atoms with Crippen molar-refractivity contribution < 1.29 is 9.53 Å². The molecule has 0 N–H and O–H groups in total. The fourth-order valence-electron chi connectivity index (χ4n) is 4.58. The van der Waals surface area contributed by atoms with Crippen molar-refractivity contribution in [2.75, 3.05) is 0 Å². The zero-order chi connectivity index (χ0) is 27.1. The maximum atomic E-state index is 13.9. The first-order chi connectivity index (χ1) is 19.8. The normalized spacial score (nSPS) is 11.5. The Morgan fingerprint density at radius 3 is 2.12 bits per heavy atom. The van der Waals surface area contributed by atoms with E-state index in [0.717, 1.165) is 27.7 Å². The van der Waals surface area contributed by atoms with Gasteiger partial charge in [-0.15, -0.1) is 11.3 Å². The van der Waals surface area contributed by atoms with Crippen molar-refractivity contribution in [3.05, 3.63) is 154 Å². The predicted molar refractivity (Wildman–Crippen MR) is 158 cm³/mol. The van der Waals surface area contributed by atoms with Crippen molar-refractivity contribution in [1.29, 1.82) is 0 Å². The van der Waals surface area contributed by atoms with Crippen LogP contribution in [0.4, 0.5) is 5.69 Å². The number of fused-ring (bicyclic) bond motifs is 1. The van der Waals surface area contributed by atoms with Gasteiger partial charge in [0, 0.05) is 0 Å². The molecule has 0 saturated carbocycles. The van der Waals surface area contributed by atoms with Crippen molar-refractivity contribution in [3.63, 3.8) is 0 Å². The maximum Gasteiger partial charge on any atom is 0.240 e. The minimum absolute atomic E-state index is 0.197. The summed E-state index contributed by atoms with van der Waals surface area (Å²) in [6.07, 6.45) is 0. The zero-order valence-electron chi connectivity index (χ0n) is 21.6. The summed E-state index contributed by atoms with van der Waals surface area (Å²) in [5.41, 5.74) is 5.22. The van der Waals surface area contributed by atoms with Crippen molar-refractivity contribution in [2.45, 2.75) is 19.4 Å². The van der Waals surface area contributed by atoms with E-state index in [1.54, 1.807) is 0 Å². The number of hydrogen-bond donors (Lipinski definition) is 0. The maximum absolute atomic E-state index is 13.9. The molecular weight excluding hydrogens is 516 g/mol. The molecule has 196 valence electrons. The highest BCUT2D eigenvalue weighted by molar-refractivity contribution is 7.12. The van der Waals surface area contributed by atoms with Gasteiger partial charge in [-0.1, -0.05) is 103 Å². The first kappa shape index (κ1) is 25.6. The fraction of sp³-hybridized carbons (Fsp3) is 0.0909. The second-order valence-electron chi connectivity index (χ2n) is 9.22. The number of carbonyl (C=O) groups excluding carboxylic acids is 1. The zero-order valence-corrected chi connectivity index (χ0v) is 22.4. The Morgan fingerprint density at radius 1 is 0.800 bits per heavy atom. The number of para-hydroxylation sites is 2. The molecule has 0 spiro atoms. The quantitative estimate of drug-likeness (QED) is 0.129. The number of ether oxygens (including phenoxy) is 1. The Bertz CT molecular complexity index is 1710. The van der Waals surface area contributed by atoms with E-state index in [2.05, 4.69) is 5.11 Å². The van der Waals surface area contributed by atoms with Crippen LogP contribution >= 0.6 is 11.3 Å². The number of hydrogen-bond acceptors (Lipinski definition) is 6. The average molecular weight is 543 g/mol. The largest absolute Gasteiger partial charge is 0.356 e. The number of aromatic nitrogens is 2. The molecule has 4 aromatic carbocycles. The van der Waals surface area contributed by atoms with Crippen LogP contribution in [0.25, 0.3) is 11.0 Å². The molecule has 0 radical (unpaired) electrons. The molecule has 7 heteroatoms. The lowest BCUT2D eigenvalue weighted by atomic mass is 10.00. The predicted octanol–water partition coefficient (Wildman–Crippen LogP) is 8.38. The van der Waals surface area contributed by atoms with E-state index in [4.69, 9.17) is 14.8 Å². The van der Waals surface area contributed by atoms with Crippen LogP contribution in [0.3, 0.4) is 0 Å². The van der Waals surface area contributed by atoms with Crippen LogP contribution in [0.15, 0.2) is 137 Å². The van der Waals surface area contributed by atoms with Crippen molar-refractivity contribution in [3.8, 4) is 0 Å². The van der Waals surface area contributed by atoms with Gasteiger partial charge in [0.15, 0.2) is 5.82 Å². The van der Waals surface area contributed by atoms with E-state index in [1.807, 2.05) is 131 Å². The van der Waals surface area contributed by atoms with Gasteiger partial charge < -0.3 is 4.74 Å². The molecule has 0 bridgehead atoms. The lowest BCUT2D eigenvalue weighted by molar-refractivity contribution is 0.0635. The van der Waals surface area contributed by atoms with Crippen LogP contribution in [0.1, 0.15) is 38.2 Å². The van der Waals surface area contributed by atoms with Gasteiger partial charge in [0.05, 0.1) is 17.6 Å². The molecule has 40 heavy (non-hydrogen) atoms. The molecule has 0 saturated heterocycles. The van der Waals surface area contributed by atoms with E-state index in [0.29, 0.717) is 23.0 Å². The molecule has 0 amide bonds. The Kier molecular flexibility index (Phi) is 7.66. The molecule has 0 fully saturated rings. The Labute approximate surface area is 236 Å². The summed E-state index contributed by atoms with van der Waals surface area (Å²) in [7, 11) is 0. The van der Waals surface area contributed by atoms with Crippen LogP contribution in [-0.2, 0) is 18.1 Å².